The number of nitrogens with one attached hydrogen (secondary N) is 1. The van der Waals surface area contributed by atoms with Crippen molar-refractivity contribution < 1.29 is 5.11 Å². The van der Waals surface area contributed by atoms with Crippen molar-refractivity contribution in [1.82, 2.24) is 5.32 Å². The molecule has 0 amide bonds. The average Bonchev–Trinajstić information content (AvgIpc) is 2.29. The van der Waals surface area contributed by atoms with Gasteiger partial charge in [-0.15, -0.1) is 0 Å². The standard InChI is InChI=1S/C13H18BrNO/c1-9-5-6-10(11(14)8-9)13(16)12-4-2-3-7-15-12/h5-6,8,12-13,15-16H,2-4,7H2,1H3. The van der Waals surface area contributed by atoms with Crippen LogP contribution in [0.2, 0.25) is 0 Å². The predicted octanol–water partition coefficient (Wildman–Crippen LogP) is 2.93. The van der Waals surface area contributed by atoms with Crippen LogP contribution in [0.3, 0.4) is 0 Å². The molecule has 0 aromatic heterocycles. The van der Waals surface area contributed by atoms with Gasteiger partial charge in [-0.05, 0) is 43.5 Å². The third-order valence-corrected chi connectivity index (χ3v) is 3.89. The van der Waals surface area contributed by atoms with Crippen molar-refractivity contribution in [2.24, 2.45) is 0 Å². The quantitative estimate of drug-likeness (QED) is 0.875. The van der Waals surface area contributed by atoms with Crippen LogP contribution in [-0.2, 0) is 0 Å². The highest BCUT2D eigenvalue weighted by Crippen LogP contribution is 2.29. The number of aliphatic hydroxyl groups excluding tert-OH is 1. The highest BCUT2D eigenvalue weighted by Gasteiger charge is 2.23. The van der Waals surface area contributed by atoms with Crippen molar-refractivity contribution in [1.29, 1.82) is 0 Å². The van der Waals surface area contributed by atoms with E-state index in [-0.39, 0.29) is 6.04 Å². The van der Waals surface area contributed by atoms with Crippen LogP contribution in [0.4, 0.5) is 0 Å². The molecule has 1 fully saturated rings. The van der Waals surface area contributed by atoms with Crippen LogP contribution in [0.1, 0.15) is 36.5 Å². The summed E-state index contributed by atoms with van der Waals surface area (Å²) in [5, 5.41) is 13.7. The molecule has 0 aliphatic carbocycles. The van der Waals surface area contributed by atoms with Crippen LogP contribution < -0.4 is 5.32 Å². The molecule has 1 aliphatic rings. The molecule has 0 spiro atoms. The topological polar surface area (TPSA) is 32.3 Å². The van der Waals surface area contributed by atoms with E-state index in [1.807, 2.05) is 12.1 Å². The van der Waals surface area contributed by atoms with E-state index in [9.17, 15) is 5.11 Å². The van der Waals surface area contributed by atoms with Crippen molar-refractivity contribution in [3.63, 3.8) is 0 Å². The van der Waals surface area contributed by atoms with Gasteiger partial charge in [-0.2, -0.15) is 0 Å². The lowest BCUT2D eigenvalue weighted by atomic mass is 9.94. The Balaban J connectivity index is 2.15. The Hall–Kier alpha value is -0.380. The molecule has 1 heterocycles. The van der Waals surface area contributed by atoms with Gasteiger partial charge in [-0.1, -0.05) is 34.5 Å². The molecule has 0 bridgehead atoms. The Bertz CT molecular complexity index is 361. The Morgan fingerprint density at radius 1 is 1.44 bits per heavy atom. The summed E-state index contributed by atoms with van der Waals surface area (Å²) in [7, 11) is 0. The van der Waals surface area contributed by atoms with Gasteiger partial charge in [0, 0.05) is 10.5 Å². The maximum Gasteiger partial charge on any atom is 0.0953 e. The van der Waals surface area contributed by atoms with E-state index in [4.69, 9.17) is 0 Å². The zero-order valence-electron chi connectivity index (χ0n) is 9.54. The molecule has 1 aliphatic heterocycles. The minimum atomic E-state index is -0.407. The van der Waals surface area contributed by atoms with E-state index < -0.39 is 6.10 Å². The van der Waals surface area contributed by atoms with E-state index in [0.717, 1.165) is 23.0 Å². The molecule has 16 heavy (non-hydrogen) atoms. The lowest BCUT2D eigenvalue weighted by Gasteiger charge is -2.28. The first-order valence-corrected chi connectivity index (χ1v) is 6.65. The van der Waals surface area contributed by atoms with Crippen molar-refractivity contribution in [2.45, 2.75) is 38.3 Å². The van der Waals surface area contributed by atoms with Crippen molar-refractivity contribution in [3.05, 3.63) is 33.8 Å². The number of hydrogen-bond acceptors (Lipinski definition) is 2. The molecule has 2 unspecified atom stereocenters. The summed E-state index contributed by atoms with van der Waals surface area (Å²) in [5.41, 5.74) is 2.20. The van der Waals surface area contributed by atoms with Gasteiger partial charge < -0.3 is 10.4 Å². The van der Waals surface area contributed by atoms with Crippen molar-refractivity contribution in [3.8, 4) is 0 Å². The molecule has 1 aromatic rings. The first kappa shape index (κ1) is 12.1. The third kappa shape index (κ3) is 2.65. The fourth-order valence-corrected chi connectivity index (χ4v) is 2.96. The SMILES string of the molecule is Cc1ccc(C(O)C2CCCCN2)c(Br)c1. The number of piperidine rings is 1. The third-order valence-electron chi connectivity index (χ3n) is 3.20. The second kappa shape index (κ2) is 5.30. The van der Waals surface area contributed by atoms with Crippen molar-refractivity contribution >= 4 is 15.9 Å². The van der Waals surface area contributed by atoms with Gasteiger partial charge in [0.1, 0.15) is 0 Å². The van der Waals surface area contributed by atoms with Crippen LogP contribution in [-0.4, -0.2) is 17.7 Å². The molecule has 2 atom stereocenters. The average molecular weight is 284 g/mol. The van der Waals surface area contributed by atoms with Gasteiger partial charge in [-0.3, -0.25) is 0 Å². The highest BCUT2D eigenvalue weighted by molar-refractivity contribution is 9.10. The summed E-state index contributed by atoms with van der Waals surface area (Å²) in [6, 6.07) is 6.32. The lowest BCUT2D eigenvalue weighted by Crippen LogP contribution is -2.38. The molecule has 3 heteroatoms. The lowest BCUT2D eigenvalue weighted by molar-refractivity contribution is 0.113. The smallest absolute Gasteiger partial charge is 0.0953 e. The second-order valence-electron chi connectivity index (χ2n) is 4.53. The van der Waals surface area contributed by atoms with Crippen LogP contribution in [0.5, 0.6) is 0 Å². The van der Waals surface area contributed by atoms with Crippen molar-refractivity contribution in [2.75, 3.05) is 6.54 Å². The number of halogens is 1. The summed E-state index contributed by atoms with van der Waals surface area (Å²) in [5.74, 6) is 0. The molecule has 1 aromatic carbocycles. The number of rotatable bonds is 2. The largest absolute Gasteiger partial charge is 0.387 e. The molecular formula is C13H18BrNO. The first-order valence-electron chi connectivity index (χ1n) is 5.86. The number of benzene rings is 1. The minimum absolute atomic E-state index is 0.202. The monoisotopic (exact) mass is 283 g/mol. The highest BCUT2D eigenvalue weighted by atomic mass is 79.9. The van der Waals surface area contributed by atoms with E-state index in [2.05, 4.69) is 34.2 Å². The van der Waals surface area contributed by atoms with Crippen LogP contribution >= 0.6 is 15.9 Å². The Morgan fingerprint density at radius 2 is 2.25 bits per heavy atom. The summed E-state index contributed by atoms with van der Waals surface area (Å²) < 4.78 is 1.01. The van der Waals surface area contributed by atoms with Gasteiger partial charge in [-0.25, -0.2) is 0 Å². The van der Waals surface area contributed by atoms with Crippen LogP contribution in [0.15, 0.2) is 22.7 Å². The van der Waals surface area contributed by atoms with Crippen LogP contribution in [0.25, 0.3) is 0 Å². The minimum Gasteiger partial charge on any atom is -0.387 e. The Labute approximate surface area is 105 Å². The summed E-state index contributed by atoms with van der Waals surface area (Å²) in [6.07, 6.45) is 3.08. The van der Waals surface area contributed by atoms with Gasteiger partial charge >= 0.3 is 0 Å². The summed E-state index contributed by atoms with van der Waals surface area (Å²) in [6.45, 7) is 3.07. The van der Waals surface area contributed by atoms with Gasteiger partial charge in [0.25, 0.3) is 0 Å². The zero-order valence-corrected chi connectivity index (χ0v) is 11.1. The Kier molecular flexibility index (Phi) is 4.00. The Morgan fingerprint density at radius 3 is 2.88 bits per heavy atom. The fourth-order valence-electron chi connectivity index (χ4n) is 2.24. The van der Waals surface area contributed by atoms with Gasteiger partial charge in [0.15, 0.2) is 0 Å². The predicted molar refractivity (Wildman–Crippen MR) is 69.5 cm³/mol. The molecule has 2 rings (SSSR count). The molecule has 0 saturated carbocycles. The van der Waals surface area contributed by atoms with Crippen LogP contribution in [0, 0.1) is 6.92 Å². The summed E-state index contributed by atoms with van der Waals surface area (Å²) in [4.78, 5) is 0. The van der Waals surface area contributed by atoms with Gasteiger partial charge in [0.2, 0.25) is 0 Å². The van der Waals surface area contributed by atoms with E-state index in [1.165, 1.54) is 18.4 Å². The van der Waals surface area contributed by atoms with E-state index in [1.54, 1.807) is 0 Å². The first-order chi connectivity index (χ1) is 7.68. The summed E-state index contributed by atoms with van der Waals surface area (Å²) >= 11 is 3.53. The number of aryl methyl sites for hydroxylation is 1. The normalized spacial score (nSPS) is 23.1. The maximum absolute atomic E-state index is 10.3. The maximum atomic E-state index is 10.3. The van der Waals surface area contributed by atoms with E-state index in [0.29, 0.717) is 0 Å². The zero-order chi connectivity index (χ0) is 11.5. The second-order valence-corrected chi connectivity index (χ2v) is 5.38. The van der Waals surface area contributed by atoms with Gasteiger partial charge in [0.05, 0.1) is 6.10 Å². The molecule has 2 nitrogen and oxygen atoms in total. The fraction of sp³-hybridized carbons (Fsp3) is 0.538. The molecular weight excluding hydrogens is 266 g/mol. The molecule has 0 radical (unpaired) electrons. The number of hydrogen-bond donors (Lipinski definition) is 2. The molecule has 2 N–H and O–H groups in total. The molecule has 88 valence electrons. The van der Waals surface area contributed by atoms with E-state index >= 15 is 0 Å². The molecule has 1 saturated heterocycles. The number of aliphatic hydroxyl groups is 1.